The summed E-state index contributed by atoms with van der Waals surface area (Å²) in [6.45, 7) is 15.1. The van der Waals surface area contributed by atoms with E-state index in [9.17, 15) is 0 Å². The van der Waals surface area contributed by atoms with Gasteiger partial charge in [-0.2, -0.15) is 0 Å². The van der Waals surface area contributed by atoms with Crippen LogP contribution < -0.4 is 10.1 Å². The van der Waals surface area contributed by atoms with Gasteiger partial charge in [0.25, 0.3) is 0 Å². The van der Waals surface area contributed by atoms with Crippen LogP contribution in [0.5, 0.6) is 5.75 Å². The Morgan fingerprint density at radius 1 is 1.42 bits per heavy atom. The van der Waals surface area contributed by atoms with Crippen molar-refractivity contribution in [3.63, 3.8) is 0 Å². The molecule has 106 valence electrons. The van der Waals surface area contributed by atoms with Gasteiger partial charge in [0.2, 0.25) is 0 Å². The smallest absolute Gasteiger partial charge is 0.127 e. The molecule has 1 unspecified atom stereocenters. The highest BCUT2D eigenvalue weighted by Crippen LogP contribution is 2.29. The van der Waals surface area contributed by atoms with Crippen LogP contribution in [0.2, 0.25) is 0 Å². The Morgan fingerprint density at radius 2 is 2.05 bits per heavy atom. The summed E-state index contributed by atoms with van der Waals surface area (Å²) in [5, 5.41) is 3.50. The maximum Gasteiger partial charge on any atom is 0.127 e. The van der Waals surface area contributed by atoms with Crippen molar-refractivity contribution in [2.24, 2.45) is 0 Å². The standard InChI is InChI=1S/C16H24BrNO/c1-7-12(3)19-15-11(2)8-14(17)9-13(15)10-18-16(4,5)6/h7-9,12,18H,1,10H2,2-6H3. The molecule has 1 N–H and O–H groups in total. The average molecular weight is 326 g/mol. The molecule has 2 nitrogen and oxygen atoms in total. The summed E-state index contributed by atoms with van der Waals surface area (Å²) in [6.07, 6.45) is 1.82. The van der Waals surface area contributed by atoms with Crippen molar-refractivity contribution in [3.05, 3.63) is 40.4 Å². The van der Waals surface area contributed by atoms with Gasteiger partial charge in [0, 0.05) is 22.1 Å². The summed E-state index contributed by atoms with van der Waals surface area (Å²) in [5.74, 6) is 0.951. The summed E-state index contributed by atoms with van der Waals surface area (Å²) < 4.78 is 7.04. The van der Waals surface area contributed by atoms with Crippen molar-refractivity contribution in [1.82, 2.24) is 5.32 Å². The van der Waals surface area contributed by atoms with Gasteiger partial charge in [-0.1, -0.05) is 28.6 Å². The molecule has 1 aromatic rings. The van der Waals surface area contributed by atoms with E-state index in [2.05, 4.69) is 67.7 Å². The third-order valence-corrected chi connectivity index (χ3v) is 3.22. The van der Waals surface area contributed by atoms with Crippen LogP contribution >= 0.6 is 15.9 Å². The Morgan fingerprint density at radius 3 is 2.58 bits per heavy atom. The Bertz CT molecular complexity index is 449. The first kappa shape index (κ1) is 16.3. The fourth-order valence-electron chi connectivity index (χ4n) is 1.69. The quantitative estimate of drug-likeness (QED) is 0.799. The maximum atomic E-state index is 5.97. The van der Waals surface area contributed by atoms with Crippen LogP contribution in [0.3, 0.4) is 0 Å². The number of ether oxygens (including phenoxy) is 1. The van der Waals surface area contributed by atoms with Gasteiger partial charge in [-0.3, -0.25) is 0 Å². The van der Waals surface area contributed by atoms with Gasteiger partial charge in [0.1, 0.15) is 11.9 Å². The van der Waals surface area contributed by atoms with Crippen molar-refractivity contribution in [2.75, 3.05) is 0 Å². The number of nitrogens with one attached hydrogen (secondary N) is 1. The van der Waals surface area contributed by atoms with Gasteiger partial charge in [-0.05, 0) is 52.3 Å². The summed E-state index contributed by atoms with van der Waals surface area (Å²) in [5.41, 5.74) is 2.38. The molecule has 0 heterocycles. The third kappa shape index (κ3) is 5.37. The Balaban J connectivity index is 3.02. The average Bonchev–Trinajstić information content (AvgIpc) is 2.28. The summed E-state index contributed by atoms with van der Waals surface area (Å²) in [4.78, 5) is 0. The highest BCUT2D eigenvalue weighted by atomic mass is 79.9. The molecule has 0 spiro atoms. The lowest BCUT2D eigenvalue weighted by atomic mass is 10.1. The highest BCUT2D eigenvalue weighted by molar-refractivity contribution is 9.10. The molecular weight excluding hydrogens is 302 g/mol. The molecule has 0 aliphatic carbocycles. The van der Waals surface area contributed by atoms with Crippen LogP contribution in [0, 0.1) is 6.92 Å². The number of halogens is 1. The Kier molecular flexibility index (Phi) is 5.63. The molecule has 0 bridgehead atoms. The van der Waals surface area contributed by atoms with Gasteiger partial charge in [0.15, 0.2) is 0 Å². The maximum absolute atomic E-state index is 5.97. The van der Waals surface area contributed by atoms with E-state index < -0.39 is 0 Å². The van der Waals surface area contributed by atoms with Gasteiger partial charge in [-0.15, -0.1) is 0 Å². The molecule has 19 heavy (non-hydrogen) atoms. The van der Waals surface area contributed by atoms with Crippen molar-refractivity contribution in [2.45, 2.75) is 52.8 Å². The summed E-state index contributed by atoms with van der Waals surface area (Å²) >= 11 is 3.55. The number of hydrogen-bond acceptors (Lipinski definition) is 2. The minimum Gasteiger partial charge on any atom is -0.486 e. The van der Waals surface area contributed by atoms with Crippen LogP contribution in [-0.4, -0.2) is 11.6 Å². The lowest BCUT2D eigenvalue weighted by molar-refractivity contribution is 0.264. The molecule has 0 fully saturated rings. The van der Waals surface area contributed by atoms with Crippen molar-refractivity contribution < 1.29 is 4.74 Å². The van der Waals surface area contributed by atoms with E-state index in [0.717, 1.165) is 27.9 Å². The predicted molar refractivity (Wildman–Crippen MR) is 85.8 cm³/mol. The molecule has 0 saturated carbocycles. The van der Waals surface area contributed by atoms with Crippen LogP contribution in [0.4, 0.5) is 0 Å². The second kappa shape index (κ2) is 6.58. The zero-order valence-electron chi connectivity index (χ0n) is 12.5. The normalized spacial score (nSPS) is 13.2. The molecule has 0 amide bonds. The van der Waals surface area contributed by atoms with Crippen LogP contribution in [0.25, 0.3) is 0 Å². The summed E-state index contributed by atoms with van der Waals surface area (Å²) in [6, 6.07) is 4.18. The van der Waals surface area contributed by atoms with Crippen LogP contribution in [0.1, 0.15) is 38.8 Å². The van der Waals surface area contributed by atoms with Crippen LogP contribution in [0.15, 0.2) is 29.3 Å². The van der Waals surface area contributed by atoms with E-state index >= 15 is 0 Å². The molecule has 0 aliphatic heterocycles. The number of aryl methyl sites for hydroxylation is 1. The molecule has 0 aromatic heterocycles. The zero-order valence-corrected chi connectivity index (χ0v) is 14.1. The molecule has 3 heteroatoms. The Hall–Kier alpha value is -0.800. The fraction of sp³-hybridized carbons (Fsp3) is 0.500. The number of benzene rings is 1. The molecular formula is C16H24BrNO. The zero-order chi connectivity index (χ0) is 14.6. The van der Waals surface area contributed by atoms with Crippen molar-refractivity contribution in [3.8, 4) is 5.75 Å². The molecule has 1 aromatic carbocycles. The van der Waals surface area contributed by atoms with Gasteiger partial charge in [-0.25, -0.2) is 0 Å². The van der Waals surface area contributed by atoms with E-state index in [4.69, 9.17) is 4.74 Å². The topological polar surface area (TPSA) is 21.3 Å². The first-order valence-corrected chi connectivity index (χ1v) is 7.35. The van der Waals surface area contributed by atoms with E-state index in [1.165, 1.54) is 0 Å². The largest absolute Gasteiger partial charge is 0.486 e. The minimum absolute atomic E-state index is 0.00765. The van der Waals surface area contributed by atoms with E-state index in [-0.39, 0.29) is 11.6 Å². The SMILES string of the molecule is C=CC(C)Oc1c(C)cc(Br)cc1CNC(C)(C)C. The molecule has 0 aliphatic rings. The Labute approximate surface area is 125 Å². The van der Waals surface area contributed by atoms with Crippen molar-refractivity contribution >= 4 is 15.9 Å². The summed E-state index contributed by atoms with van der Waals surface area (Å²) in [7, 11) is 0. The van der Waals surface area contributed by atoms with Crippen LogP contribution in [-0.2, 0) is 6.54 Å². The molecule has 0 saturated heterocycles. The monoisotopic (exact) mass is 325 g/mol. The number of hydrogen-bond donors (Lipinski definition) is 1. The second-order valence-electron chi connectivity index (χ2n) is 5.87. The molecule has 1 atom stereocenters. The minimum atomic E-state index is 0.00765. The second-order valence-corrected chi connectivity index (χ2v) is 6.79. The number of rotatable bonds is 5. The molecule has 1 rings (SSSR count). The highest BCUT2D eigenvalue weighted by Gasteiger charge is 2.14. The van der Waals surface area contributed by atoms with Gasteiger partial charge >= 0.3 is 0 Å². The van der Waals surface area contributed by atoms with Crippen molar-refractivity contribution in [1.29, 1.82) is 0 Å². The fourth-order valence-corrected chi connectivity index (χ4v) is 2.31. The van der Waals surface area contributed by atoms with Gasteiger partial charge in [0.05, 0.1) is 0 Å². The van der Waals surface area contributed by atoms with E-state index in [0.29, 0.717) is 0 Å². The van der Waals surface area contributed by atoms with Gasteiger partial charge < -0.3 is 10.1 Å². The first-order valence-electron chi connectivity index (χ1n) is 6.56. The van der Waals surface area contributed by atoms with E-state index in [1.54, 1.807) is 0 Å². The van der Waals surface area contributed by atoms with E-state index in [1.807, 2.05) is 13.0 Å². The third-order valence-electron chi connectivity index (χ3n) is 2.76. The lowest BCUT2D eigenvalue weighted by Crippen LogP contribution is -2.35. The molecule has 0 radical (unpaired) electrons. The first-order chi connectivity index (χ1) is 8.73. The predicted octanol–water partition coefficient (Wildman–Crippen LogP) is 4.60. The lowest BCUT2D eigenvalue weighted by Gasteiger charge is -2.23.